The van der Waals surface area contributed by atoms with Crippen LogP contribution in [-0.4, -0.2) is 29.0 Å². The number of hydrogen-bond donors (Lipinski definition) is 2. The fraction of sp³-hybridized carbons (Fsp3) is 0.348. The van der Waals surface area contributed by atoms with Gasteiger partial charge in [-0.25, -0.2) is 4.79 Å². The minimum Gasteiger partial charge on any atom is -0.358 e. The van der Waals surface area contributed by atoms with E-state index in [1.807, 2.05) is 36.1 Å². The summed E-state index contributed by atoms with van der Waals surface area (Å²) in [6.45, 7) is 7.97. The summed E-state index contributed by atoms with van der Waals surface area (Å²) in [7, 11) is 0. The van der Waals surface area contributed by atoms with Gasteiger partial charge in [-0.2, -0.15) is 0 Å². The van der Waals surface area contributed by atoms with Crippen LogP contribution in [0.5, 0.6) is 0 Å². The highest BCUT2D eigenvalue weighted by Crippen LogP contribution is 2.34. The Hall–Kier alpha value is -2.75. The number of aryl methyl sites for hydroxylation is 3. The Morgan fingerprint density at radius 2 is 1.67 bits per heavy atom. The largest absolute Gasteiger partial charge is 0.358 e. The van der Waals surface area contributed by atoms with E-state index in [0.717, 1.165) is 31.6 Å². The standard InChI is InChI=1S/C23H27N3O/c1-15-4-7-19(8-5-15)24-23(27)26-12-10-18(11-13-26)22-17(3)20-14-16(2)6-9-21(20)25-22/h4-9,14,18,25H,10-13H2,1-3H3,(H,24,27). The van der Waals surface area contributed by atoms with Crippen LogP contribution in [-0.2, 0) is 0 Å². The van der Waals surface area contributed by atoms with Gasteiger partial charge in [0.25, 0.3) is 0 Å². The normalized spacial score (nSPS) is 15.3. The lowest BCUT2D eigenvalue weighted by Gasteiger charge is -2.32. The SMILES string of the molecule is Cc1ccc(NC(=O)N2CCC(c3[nH]c4ccc(C)cc4c3C)CC2)cc1. The minimum atomic E-state index is 0.00120. The van der Waals surface area contributed by atoms with Gasteiger partial charge in [0.15, 0.2) is 0 Å². The molecule has 0 aliphatic carbocycles. The first-order valence-electron chi connectivity index (χ1n) is 9.72. The summed E-state index contributed by atoms with van der Waals surface area (Å²) in [5, 5.41) is 4.34. The summed E-state index contributed by atoms with van der Waals surface area (Å²) in [5.74, 6) is 0.487. The van der Waals surface area contributed by atoms with E-state index in [1.165, 1.54) is 33.3 Å². The topological polar surface area (TPSA) is 48.1 Å². The van der Waals surface area contributed by atoms with E-state index >= 15 is 0 Å². The molecule has 4 nitrogen and oxygen atoms in total. The van der Waals surface area contributed by atoms with Crippen LogP contribution >= 0.6 is 0 Å². The third kappa shape index (κ3) is 3.57. The first kappa shape index (κ1) is 17.7. The van der Waals surface area contributed by atoms with Gasteiger partial charge in [0.2, 0.25) is 0 Å². The zero-order valence-electron chi connectivity index (χ0n) is 16.3. The van der Waals surface area contributed by atoms with Crippen LogP contribution in [0, 0.1) is 20.8 Å². The zero-order valence-corrected chi connectivity index (χ0v) is 16.3. The van der Waals surface area contributed by atoms with Crippen LogP contribution in [0.3, 0.4) is 0 Å². The Labute approximate surface area is 160 Å². The summed E-state index contributed by atoms with van der Waals surface area (Å²) in [6.07, 6.45) is 1.99. The molecule has 140 valence electrons. The molecule has 4 heteroatoms. The number of nitrogens with zero attached hydrogens (tertiary/aromatic N) is 1. The molecule has 1 saturated heterocycles. The summed E-state index contributed by atoms with van der Waals surface area (Å²) >= 11 is 0. The maximum absolute atomic E-state index is 12.5. The molecule has 4 rings (SSSR count). The number of carbonyl (C=O) groups excluding carboxylic acids is 1. The fourth-order valence-electron chi connectivity index (χ4n) is 4.08. The lowest BCUT2D eigenvalue weighted by atomic mass is 9.91. The maximum Gasteiger partial charge on any atom is 0.321 e. The number of anilines is 1. The van der Waals surface area contributed by atoms with Crippen molar-refractivity contribution in [2.45, 2.75) is 39.5 Å². The molecule has 1 aromatic heterocycles. The summed E-state index contributed by atoms with van der Waals surface area (Å²) < 4.78 is 0. The Morgan fingerprint density at radius 3 is 2.37 bits per heavy atom. The number of likely N-dealkylation sites (tertiary alicyclic amines) is 1. The van der Waals surface area contributed by atoms with Gasteiger partial charge in [-0.05, 0) is 63.4 Å². The molecule has 0 radical (unpaired) electrons. The Kier molecular flexibility index (Phi) is 4.65. The molecule has 2 aromatic carbocycles. The van der Waals surface area contributed by atoms with E-state index in [2.05, 4.69) is 42.3 Å². The van der Waals surface area contributed by atoms with Gasteiger partial charge < -0.3 is 15.2 Å². The smallest absolute Gasteiger partial charge is 0.321 e. The molecule has 1 aliphatic rings. The molecule has 0 saturated carbocycles. The van der Waals surface area contributed by atoms with Crippen molar-refractivity contribution < 1.29 is 4.79 Å². The molecule has 3 aromatic rings. The number of fused-ring (bicyclic) bond motifs is 1. The second-order valence-electron chi connectivity index (χ2n) is 7.77. The van der Waals surface area contributed by atoms with Crippen molar-refractivity contribution in [3.05, 3.63) is 64.8 Å². The van der Waals surface area contributed by atoms with E-state index in [-0.39, 0.29) is 6.03 Å². The quantitative estimate of drug-likeness (QED) is 0.622. The van der Waals surface area contributed by atoms with E-state index < -0.39 is 0 Å². The number of benzene rings is 2. The van der Waals surface area contributed by atoms with Crippen LogP contribution < -0.4 is 5.32 Å². The Bertz CT molecular complexity index is 963. The van der Waals surface area contributed by atoms with Crippen LogP contribution in [0.4, 0.5) is 10.5 Å². The molecule has 1 fully saturated rings. The van der Waals surface area contributed by atoms with Crippen LogP contribution in [0.1, 0.15) is 41.1 Å². The number of carbonyl (C=O) groups is 1. The number of rotatable bonds is 2. The molecule has 27 heavy (non-hydrogen) atoms. The van der Waals surface area contributed by atoms with Crippen LogP contribution in [0.25, 0.3) is 10.9 Å². The zero-order chi connectivity index (χ0) is 19.0. The number of piperidine rings is 1. The summed E-state index contributed by atoms with van der Waals surface area (Å²) in [4.78, 5) is 18.1. The van der Waals surface area contributed by atoms with Gasteiger partial charge in [0.05, 0.1) is 0 Å². The van der Waals surface area contributed by atoms with Crippen molar-refractivity contribution in [3.63, 3.8) is 0 Å². The summed E-state index contributed by atoms with van der Waals surface area (Å²) in [6, 6.07) is 14.5. The fourth-order valence-corrected chi connectivity index (χ4v) is 4.08. The van der Waals surface area contributed by atoms with E-state index in [9.17, 15) is 4.79 Å². The molecule has 0 spiro atoms. The van der Waals surface area contributed by atoms with E-state index in [4.69, 9.17) is 0 Å². The third-order valence-electron chi connectivity index (χ3n) is 5.75. The second kappa shape index (κ2) is 7.10. The Morgan fingerprint density at radius 1 is 1.00 bits per heavy atom. The number of aromatic amines is 1. The van der Waals surface area contributed by atoms with Gasteiger partial charge in [-0.1, -0.05) is 29.3 Å². The average Bonchev–Trinajstić information content (AvgIpc) is 3.00. The number of H-pyrrole nitrogens is 1. The monoisotopic (exact) mass is 361 g/mol. The first-order valence-corrected chi connectivity index (χ1v) is 9.72. The molecule has 0 bridgehead atoms. The van der Waals surface area contributed by atoms with Gasteiger partial charge in [-0.15, -0.1) is 0 Å². The molecule has 2 heterocycles. The highest BCUT2D eigenvalue weighted by Gasteiger charge is 2.26. The predicted octanol–water partition coefficient (Wildman–Crippen LogP) is 5.50. The molecule has 2 N–H and O–H groups in total. The van der Waals surface area contributed by atoms with Crippen LogP contribution in [0.2, 0.25) is 0 Å². The van der Waals surface area contributed by atoms with Crippen molar-refractivity contribution in [1.82, 2.24) is 9.88 Å². The van der Waals surface area contributed by atoms with Crippen molar-refractivity contribution >= 4 is 22.6 Å². The molecular formula is C23H27N3O. The molecule has 0 atom stereocenters. The third-order valence-corrected chi connectivity index (χ3v) is 5.75. The maximum atomic E-state index is 12.5. The second-order valence-corrected chi connectivity index (χ2v) is 7.77. The van der Waals surface area contributed by atoms with Gasteiger partial charge in [0, 0.05) is 41.3 Å². The lowest BCUT2D eigenvalue weighted by molar-refractivity contribution is 0.194. The molecule has 0 unspecified atom stereocenters. The van der Waals surface area contributed by atoms with Crippen molar-refractivity contribution in [1.29, 1.82) is 0 Å². The van der Waals surface area contributed by atoms with E-state index in [0.29, 0.717) is 5.92 Å². The molecular weight excluding hydrogens is 334 g/mol. The van der Waals surface area contributed by atoms with Crippen LogP contribution in [0.15, 0.2) is 42.5 Å². The minimum absolute atomic E-state index is 0.00120. The van der Waals surface area contributed by atoms with Gasteiger partial charge >= 0.3 is 6.03 Å². The lowest BCUT2D eigenvalue weighted by Crippen LogP contribution is -2.40. The molecule has 1 aliphatic heterocycles. The van der Waals surface area contributed by atoms with Crippen molar-refractivity contribution in [3.8, 4) is 0 Å². The van der Waals surface area contributed by atoms with Gasteiger partial charge in [-0.3, -0.25) is 0 Å². The number of urea groups is 1. The number of nitrogens with one attached hydrogen (secondary N) is 2. The molecule has 2 amide bonds. The Balaban J connectivity index is 1.42. The number of aromatic nitrogens is 1. The van der Waals surface area contributed by atoms with E-state index in [1.54, 1.807) is 0 Å². The summed E-state index contributed by atoms with van der Waals surface area (Å²) in [5.41, 5.74) is 7.25. The van der Waals surface area contributed by atoms with Crippen molar-refractivity contribution in [2.24, 2.45) is 0 Å². The number of hydrogen-bond acceptors (Lipinski definition) is 1. The average molecular weight is 361 g/mol. The van der Waals surface area contributed by atoms with Gasteiger partial charge in [0.1, 0.15) is 0 Å². The highest BCUT2D eigenvalue weighted by molar-refractivity contribution is 5.89. The van der Waals surface area contributed by atoms with Crippen molar-refractivity contribution in [2.75, 3.05) is 18.4 Å². The first-order chi connectivity index (χ1) is 13.0. The predicted molar refractivity (Wildman–Crippen MR) is 112 cm³/mol. The number of amides is 2. The highest BCUT2D eigenvalue weighted by atomic mass is 16.2.